The Morgan fingerprint density at radius 2 is 1.81 bits per heavy atom. The minimum Gasteiger partial charge on any atom is -0.341 e. The fraction of sp³-hybridized carbons (Fsp3) is 0.278. The molecule has 0 aliphatic rings. The first-order chi connectivity index (χ1) is 10.2. The Morgan fingerprint density at radius 1 is 1.00 bits per heavy atom. The Kier molecular flexibility index (Phi) is 4.02. The van der Waals surface area contributed by atoms with Crippen LogP contribution in [0.1, 0.15) is 23.9 Å². The van der Waals surface area contributed by atoms with Crippen LogP contribution in [0.5, 0.6) is 0 Å². The van der Waals surface area contributed by atoms with Gasteiger partial charge in [-0.3, -0.25) is 4.90 Å². The van der Waals surface area contributed by atoms with Crippen LogP contribution >= 0.6 is 0 Å². The number of aromatic amines is 1. The molecule has 0 spiro atoms. The molecule has 1 N–H and O–H groups in total. The van der Waals surface area contributed by atoms with E-state index in [9.17, 15) is 0 Å². The Balaban J connectivity index is 1.72. The molecule has 0 aliphatic carbocycles. The second kappa shape index (κ2) is 6.10. The first-order valence-electron chi connectivity index (χ1n) is 7.44. The van der Waals surface area contributed by atoms with Gasteiger partial charge in [0.25, 0.3) is 0 Å². The molecule has 0 fully saturated rings. The molecular formula is C18H21N3. The highest BCUT2D eigenvalue weighted by atomic mass is 15.1. The van der Waals surface area contributed by atoms with Crippen molar-refractivity contribution in [2.75, 3.05) is 7.05 Å². The molecule has 0 radical (unpaired) electrons. The van der Waals surface area contributed by atoms with E-state index in [1.165, 1.54) is 11.1 Å². The molecule has 3 heteroatoms. The third-order valence-electron chi connectivity index (χ3n) is 3.72. The summed E-state index contributed by atoms with van der Waals surface area (Å²) in [5, 5.41) is 0. The van der Waals surface area contributed by atoms with Gasteiger partial charge in [0.05, 0.1) is 17.6 Å². The van der Waals surface area contributed by atoms with Crippen LogP contribution in [0.25, 0.3) is 11.0 Å². The molecular weight excluding hydrogens is 258 g/mol. The van der Waals surface area contributed by atoms with Crippen LogP contribution in [0.4, 0.5) is 0 Å². The molecule has 21 heavy (non-hydrogen) atoms. The summed E-state index contributed by atoms with van der Waals surface area (Å²) >= 11 is 0. The molecule has 0 bridgehead atoms. The number of aromatic nitrogens is 2. The maximum absolute atomic E-state index is 4.67. The zero-order valence-electron chi connectivity index (χ0n) is 12.6. The van der Waals surface area contributed by atoms with Crippen molar-refractivity contribution < 1.29 is 0 Å². The Labute approximate surface area is 125 Å². The van der Waals surface area contributed by atoms with Gasteiger partial charge in [-0.1, -0.05) is 43.3 Å². The van der Waals surface area contributed by atoms with Crippen molar-refractivity contribution in [3.05, 3.63) is 65.5 Å². The third kappa shape index (κ3) is 3.31. The standard InChI is InChI=1S/C18H21N3/c1-3-14-9-10-16-17(11-14)20-18(19-16)13-21(2)12-15-7-5-4-6-8-15/h4-11H,3,12-13H2,1-2H3,(H,19,20). The van der Waals surface area contributed by atoms with Gasteiger partial charge in [-0.15, -0.1) is 0 Å². The zero-order chi connectivity index (χ0) is 14.7. The molecule has 108 valence electrons. The maximum atomic E-state index is 4.67. The summed E-state index contributed by atoms with van der Waals surface area (Å²) in [4.78, 5) is 10.4. The number of hydrogen-bond donors (Lipinski definition) is 1. The predicted octanol–water partition coefficient (Wildman–Crippen LogP) is 3.76. The number of aryl methyl sites for hydroxylation is 1. The van der Waals surface area contributed by atoms with Crippen LogP contribution in [0, 0.1) is 0 Å². The highest BCUT2D eigenvalue weighted by molar-refractivity contribution is 5.75. The van der Waals surface area contributed by atoms with Crippen molar-refractivity contribution in [2.24, 2.45) is 0 Å². The highest BCUT2D eigenvalue weighted by Gasteiger charge is 2.07. The number of benzene rings is 2. The summed E-state index contributed by atoms with van der Waals surface area (Å²) < 4.78 is 0. The number of imidazole rings is 1. The average molecular weight is 279 g/mol. The van der Waals surface area contributed by atoms with E-state index >= 15 is 0 Å². The molecule has 1 aromatic heterocycles. The van der Waals surface area contributed by atoms with E-state index in [-0.39, 0.29) is 0 Å². The second-order valence-corrected chi connectivity index (χ2v) is 5.55. The molecule has 0 aliphatic heterocycles. The molecule has 0 unspecified atom stereocenters. The first-order valence-corrected chi connectivity index (χ1v) is 7.44. The van der Waals surface area contributed by atoms with E-state index in [0.717, 1.165) is 36.4 Å². The van der Waals surface area contributed by atoms with Gasteiger partial charge in [0.15, 0.2) is 0 Å². The van der Waals surface area contributed by atoms with Crippen molar-refractivity contribution in [1.82, 2.24) is 14.9 Å². The number of rotatable bonds is 5. The topological polar surface area (TPSA) is 31.9 Å². The van der Waals surface area contributed by atoms with Crippen LogP contribution < -0.4 is 0 Å². The summed E-state index contributed by atoms with van der Waals surface area (Å²) in [6.07, 6.45) is 1.05. The fourth-order valence-corrected chi connectivity index (χ4v) is 2.61. The quantitative estimate of drug-likeness (QED) is 0.771. The van der Waals surface area contributed by atoms with Crippen molar-refractivity contribution in [3.63, 3.8) is 0 Å². The Morgan fingerprint density at radius 3 is 2.57 bits per heavy atom. The molecule has 0 amide bonds. The van der Waals surface area contributed by atoms with Gasteiger partial charge in [0.1, 0.15) is 5.82 Å². The van der Waals surface area contributed by atoms with E-state index in [1.54, 1.807) is 0 Å². The predicted molar refractivity (Wildman–Crippen MR) is 87.1 cm³/mol. The lowest BCUT2D eigenvalue weighted by Gasteiger charge is -2.14. The molecule has 3 rings (SSSR count). The van der Waals surface area contributed by atoms with Crippen molar-refractivity contribution in [3.8, 4) is 0 Å². The van der Waals surface area contributed by atoms with E-state index in [4.69, 9.17) is 0 Å². The fourth-order valence-electron chi connectivity index (χ4n) is 2.61. The average Bonchev–Trinajstić information content (AvgIpc) is 2.89. The smallest absolute Gasteiger partial charge is 0.121 e. The van der Waals surface area contributed by atoms with Crippen LogP contribution in [0.3, 0.4) is 0 Å². The van der Waals surface area contributed by atoms with Crippen LogP contribution in [-0.2, 0) is 19.5 Å². The van der Waals surface area contributed by atoms with Crippen LogP contribution in [0.2, 0.25) is 0 Å². The SMILES string of the molecule is CCc1ccc2nc(CN(C)Cc3ccccc3)[nH]c2c1. The van der Waals surface area contributed by atoms with Crippen molar-refractivity contribution in [2.45, 2.75) is 26.4 Å². The lowest BCUT2D eigenvalue weighted by atomic mass is 10.1. The minimum absolute atomic E-state index is 0.824. The second-order valence-electron chi connectivity index (χ2n) is 5.55. The van der Waals surface area contributed by atoms with Crippen LogP contribution in [0.15, 0.2) is 48.5 Å². The minimum atomic E-state index is 0.824. The van der Waals surface area contributed by atoms with Crippen molar-refractivity contribution in [1.29, 1.82) is 0 Å². The number of nitrogens with one attached hydrogen (secondary N) is 1. The van der Waals surface area contributed by atoms with Gasteiger partial charge >= 0.3 is 0 Å². The molecule has 2 aromatic carbocycles. The van der Waals surface area contributed by atoms with Gasteiger partial charge in [-0.2, -0.15) is 0 Å². The molecule has 1 heterocycles. The monoisotopic (exact) mass is 279 g/mol. The lowest BCUT2D eigenvalue weighted by Crippen LogP contribution is -2.17. The van der Waals surface area contributed by atoms with Gasteiger partial charge < -0.3 is 4.98 Å². The van der Waals surface area contributed by atoms with Crippen molar-refractivity contribution >= 4 is 11.0 Å². The Bertz CT molecular complexity index is 716. The number of fused-ring (bicyclic) bond motifs is 1. The number of nitrogens with zero attached hydrogens (tertiary/aromatic N) is 2. The molecule has 3 nitrogen and oxygen atoms in total. The summed E-state index contributed by atoms with van der Waals surface area (Å²) in [6.45, 7) is 3.93. The molecule has 0 saturated heterocycles. The maximum Gasteiger partial charge on any atom is 0.121 e. The first kappa shape index (κ1) is 13.8. The van der Waals surface area contributed by atoms with Gasteiger partial charge in [-0.25, -0.2) is 4.98 Å². The summed E-state index contributed by atoms with van der Waals surface area (Å²) in [7, 11) is 2.12. The largest absolute Gasteiger partial charge is 0.341 e. The Hall–Kier alpha value is -2.13. The normalized spacial score (nSPS) is 11.4. The van der Waals surface area contributed by atoms with E-state index in [1.807, 2.05) is 6.07 Å². The number of H-pyrrole nitrogens is 1. The highest BCUT2D eigenvalue weighted by Crippen LogP contribution is 2.15. The van der Waals surface area contributed by atoms with Gasteiger partial charge in [-0.05, 0) is 36.7 Å². The third-order valence-corrected chi connectivity index (χ3v) is 3.72. The van der Waals surface area contributed by atoms with Gasteiger partial charge in [0, 0.05) is 6.54 Å². The molecule has 0 saturated carbocycles. The molecule has 0 atom stereocenters. The van der Waals surface area contributed by atoms with E-state index < -0.39 is 0 Å². The zero-order valence-corrected chi connectivity index (χ0v) is 12.6. The van der Waals surface area contributed by atoms with E-state index in [0.29, 0.717) is 0 Å². The molecule has 3 aromatic rings. The number of hydrogen-bond acceptors (Lipinski definition) is 2. The van der Waals surface area contributed by atoms with E-state index in [2.05, 4.69) is 71.3 Å². The summed E-state index contributed by atoms with van der Waals surface area (Å²) in [5.74, 6) is 1.02. The lowest BCUT2D eigenvalue weighted by molar-refractivity contribution is 0.312. The van der Waals surface area contributed by atoms with Crippen LogP contribution in [-0.4, -0.2) is 21.9 Å². The summed E-state index contributed by atoms with van der Waals surface area (Å²) in [6, 6.07) is 17.0. The van der Waals surface area contributed by atoms with Gasteiger partial charge in [0.2, 0.25) is 0 Å². The summed E-state index contributed by atoms with van der Waals surface area (Å²) in [5.41, 5.74) is 4.85.